The monoisotopic (exact) mass is 264 g/mol. The van der Waals surface area contributed by atoms with Crippen molar-refractivity contribution in [2.45, 2.75) is 39.3 Å². The lowest BCUT2D eigenvalue weighted by Crippen LogP contribution is -2.43. The molecule has 1 aromatic rings. The van der Waals surface area contributed by atoms with Crippen LogP contribution in [0.5, 0.6) is 0 Å². The molecule has 2 amide bonds. The van der Waals surface area contributed by atoms with Gasteiger partial charge in [-0.3, -0.25) is 10.1 Å². The summed E-state index contributed by atoms with van der Waals surface area (Å²) in [6, 6.07) is 8.77. The van der Waals surface area contributed by atoms with Gasteiger partial charge in [-0.1, -0.05) is 18.2 Å². The molecule has 0 aliphatic carbocycles. The first-order chi connectivity index (χ1) is 8.78. The predicted octanol–water partition coefficient (Wildman–Crippen LogP) is 2.54. The molecule has 0 radical (unpaired) electrons. The molecule has 0 spiro atoms. The minimum atomic E-state index is -0.737. The molecule has 5 heteroatoms. The SMILES string of the molecule is C[C@H](Nc1ccccc1)C(=O)NC(=O)OC(C)(C)C. The van der Waals surface area contributed by atoms with Crippen molar-refractivity contribution >= 4 is 17.7 Å². The summed E-state index contributed by atoms with van der Waals surface area (Å²) >= 11 is 0. The molecule has 19 heavy (non-hydrogen) atoms. The average molecular weight is 264 g/mol. The molecule has 0 saturated carbocycles. The average Bonchev–Trinajstić information content (AvgIpc) is 2.27. The van der Waals surface area contributed by atoms with Crippen LogP contribution >= 0.6 is 0 Å². The minimum absolute atomic E-state index is 0.432. The molecule has 0 bridgehead atoms. The van der Waals surface area contributed by atoms with Crippen molar-refractivity contribution in [2.24, 2.45) is 0 Å². The Morgan fingerprint density at radius 3 is 2.26 bits per heavy atom. The molecule has 0 saturated heterocycles. The van der Waals surface area contributed by atoms with Crippen LogP contribution in [-0.4, -0.2) is 23.6 Å². The Balaban J connectivity index is 2.47. The van der Waals surface area contributed by atoms with E-state index in [9.17, 15) is 9.59 Å². The molecule has 0 aliphatic heterocycles. The largest absolute Gasteiger partial charge is 0.444 e. The number of rotatable bonds is 3. The molecule has 0 aliphatic rings. The normalized spacial score (nSPS) is 12.4. The fraction of sp³-hybridized carbons (Fsp3) is 0.429. The molecule has 0 unspecified atom stereocenters. The summed E-state index contributed by atoms with van der Waals surface area (Å²) in [5, 5.41) is 5.18. The van der Waals surface area contributed by atoms with E-state index in [1.807, 2.05) is 30.3 Å². The van der Waals surface area contributed by atoms with Crippen LogP contribution in [0.2, 0.25) is 0 Å². The third-order valence-electron chi connectivity index (χ3n) is 2.17. The van der Waals surface area contributed by atoms with E-state index in [0.29, 0.717) is 0 Å². The van der Waals surface area contributed by atoms with Crippen LogP contribution in [0.1, 0.15) is 27.7 Å². The Bertz CT molecular complexity index is 438. The molecule has 2 N–H and O–H groups in total. The lowest BCUT2D eigenvalue weighted by Gasteiger charge is -2.20. The van der Waals surface area contributed by atoms with Crippen molar-refractivity contribution in [1.82, 2.24) is 5.32 Å². The molecule has 1 atom stereocenters. The van der Waals surface area contributed by atoms with E-state index >= 15 is 0 Å². The number of amides is 2. The van der Waals surface area contributed by atoms with E-state index < -0.39 is 23.6 Å². The second-order valence-corrected chi connectivity index (χ2v) is 5.22. The molecule has 1 aromatic carbocycles. The van der Waals surface area contributed by atoms with Gasteiger partial charge in [0, 0.05) is 5.69 Å². The van der Waals surface area contributed by atoms with Crippen LogP contribution in [-0.2, 0) is 9.53 Å². The standard InChI is InChI=1S/C14H20N2O3/c1-10(15-11-8-6-5-7-9-11)12(17)16-13(18)19-14(2,3)4/h5-10,15H,1-4H3,(H,16,17,18)/t10-/m0/s1. The van der Waals surface area contributed by atoms with Gasteiger partial charge in [0.15, 0.2) is 0 Å². The summed E-state index contributed by atoms with van der Waals surface area (Å²) in [5.41, 5.74) is 0.190. The zero-order valence-electron chi connectivity index (χ0n) is 11.7. The maximum Gasteiger partial charge on any atom is 0.414 e. The maximum absolute atomic E-state index is 11.8. The van der Waals surface area contributed by atoms with Gasteiger partial charge < -0.3 is 10.1 Å². The van der Waals surface area contributed by atoms with Crippen LogP contribution in [0.4, 0.5) is 10.5 Å². The summed E-state index contributed by atoms with van der Waals surface area (Å²) in [6.45, 7) is 6.89. The fourth-order valence-electron chi connectivity index (χ4n) is 1.36. The van der Waals surface area contributed by atoms with Gasteiger partial charge >= 0.3 is 6.09 Å². The highest BCUT2D eigenvalue weighted by molar-refractivity contribution is 5.96. The van der Waals surface area contributed by atoms with E-state index in [2.05, 4.69) is 10.6 Å². The first-order valence-corrected chi connectivity index (χ1v) is 6.13. The topological polar surface area (TPSA) is 67.4 Å². The number of carbonyl (C=O) groups is 2. The molecule has 5 nitrogen and oxygen atoms in total. The third-order valence-corrected chi connectivity index (χ3v) is 2.17. The van der Waals surface area contributed by atoms with Crippen molar-refractivity contribution in [3.8, 4) is 0 Å². The quantitative estimate of drug-likeness (QED) is 0.880. The van der Waals surface area contributed by atoms with Crippen LogP contribution in [0.15, 0.2) is 30.3 Å². The molecular formula is C14H20N2O3. The van der Waals surface area contributed by atoms with Gasteiger partial charge in [-0.05, 0) is 39.8 Å². The van der Waals surface area contributed by atoms with Crippen molar-refractivity contribution in [2.75, 3.05) is 5.32 Å². The van der Waals surface area contributed by atoms with Gasteiger partial charge in [0.2, 0.25) is 0 Å². The van der Waals surface area contributed by atoms with Crippen molar-refractivity contribution in [3.63, 3.8) is 0 Å². The lowest BCUT2D eigenvalue weighted by molar-refractivity contribution is -0.121. The number of carbonyl (C=O) groups excluding carboxylic acids is 2. The molecular weight excluding hydrogens is 244 g/mol. The number of hydrogen-bond acceptors (Lipinski definition) is 4. The highest BCUT2D eigenvalue weighted by Gasteiger charge is 2.20. The number of para-hydroxylation sites is 1. The van der Waals surface area contributed by atoms with Gasteiger partial charge in [0.25, 0.3) is 5.91 Å². The zero-order chi connectivity index (χ0) is 14.5. The lowest BCUT2D eigenvalue weighted by atomic mass is 10.2. The van der Waals surface area contributed by atoms with E-state index in [-0.39, 0.29) is 0 Å². The molecule has 1 rings (SSSR count). The van der Waals surface area contributed by atoms with Crippen molar-refractivity contribution in [3.05, 3.63) is 30.3 Å². The molecule has 0 aromatic heterocycles. The van der Waals surface area contributed by atoms with Gasteiger partial charge in [0.05, 0.1) is 0 Å². The third kappa shape index (κ3) is 5.90. The van der Waals surface area contributed by atoms with Crippen LogP contribution in [0.3, 0.4) is 0 Å². The number of imide groups is 1. The van der Waals surface area contributed by atoms with Crippen molar-refractivity contribution in [1.29, 1.82) is 0 Å². The highest BCUT2D eigenvalue weighted by atomic mass is 16.6. The number of anilines is 1. The van der Waals surface area contributed by atoms with Gasteiger partial charge in [0.1, 0.15) is 11.6 Å². The summed E-state index contributed by atoms with van der Waals surface area (Å²) in [6.07, 6.45) is -0.737. The second-order valence-electron chi connectivity index (χ2n) is 5.22. The molecule has 0 fully saturated rings. The number of ether oxygens (including phenoxy) is 1. The van der Waals surface area contributed by atoms with E-state index in [1.54, 1.807) is 27.7 Å². The summed E-state index contributed by atoms with van der Waals surface area (Å²) in [4.78, 5) is 23.2. The smallest absolute Gasteiger partial charge is 0.414 e. The Morgan fingerprint density at radius 2 is 1.74 bits per heavy atom. The number of hydrogen-bond donors (Lipinski definition) is 2. The first-order valence-electron chi connectivity index (χ1n) is 6.13. The number of benzene rings is 1. The Labute approximate surface area is 113 Å². The number of nitrogens with one attached hydrogen (secondary N) is 2. The van der Waals surface area contributed by atoms with Crippen LogP contribution in [0.25, 0.3) is 0 Å². The highest BCUT2D eigenvalue weighted by Crippen LogP contribution is 2.08. The van der Waals surface area contributed by atoms with Gasteiger partial charge in [-0.25, -0.2) is 4.79 Å². The van der Waals surface area contributed by atoms with Gasteiger partial charge in [-0.15, -0.1) is 0 Å². The Kier molecular flexibility index (Phi) is 4.92. The number of alkyl carbamates (subject to hydrolysis) is 1. The first kappa shape index (κ1) is 15.0. The van der Waals surface area contributed by atoms with Crippen LogP contribution in [0, 0.1) is 0 Å². The van der Waals surface area contributed by atoms with E-state index in [1.165, 1.54) is 0 Å². The van der Waals surface area contributed by atoms with Crippen LogP contribution < -0.4 is 10.6 Å². The fourth-order valence-corrected chi connectivity index (χ4v) is 1.36. The summed E-state index contributed by atoms with van der Waals surface area (Å²) in [7, 11) is 0. The van der Waals surface area contributed by atoms with Gasteiger partial charge in [-0.2, -0.15) is 0 Å². The van der Waals surface area contributed by atoms with E-state index in [4.69, 9.17) is 4.74 Å². The summed E-state index contributed by atoms with van der Waals surface area (Å²) in [5.74, 6) is -0.432. The Hall–Kier alpha value is -2.04. The molecule has 104 valence electrons. The second kappa shape index (κ2) is 6.22. The molecule has 0 heterocycles. The minimum Gasteiger partial charge on any atom is -0.444 e. The van der Waals surface area contributed by atoms with E-state index in [0.717, 1.165) is 5.69 Å². The predicted molar refractivity (Wildman–Crippen MR) is 73.9 cm³/mol. The summed E-state index contributed by atoms with van der Waals surface area (Å²) < 4.78 is 5.01. The Morgan fingerprint density at radius 1 is 1.16 bits per heavy atom. The maximum atomic E-state index is 11.8. The van der Waals surface area contributed by atoms with Crippen molar-refractivity contribution < 1.29 is 14.3 Å². The zero-order valence-corrected chi connectivity index (χ0v) is 11.7.